The van der Waals surface area contributed by atoms with E-state index >= 15 is 0 Å². The van der Waals surface area contributed by atoms with Crippen molar-refractivity contribution in [3.63, 3.8) is 0 Å². The number of halogens is 3. The van der Waals surface area contributed by atoms with Gasteiger partial charge in [0.1, 0.15) is 0 Å². The van der Waals surface area contributed by atoms with Crippen LogP contribution in [0.1, 0.15) is 64.4 Å². The number of amides is 2. The van der Waals surface area contributed by atoms with Gasteiger partial charge in [0.05, 0.1) is 23.6 Å². The first-order valence-electron chi connectivity index (χ1n) is 16.2. The summed E-state index contributed by atoms with van der Waals surface area (Å²) in [5.41, 5.74) is 0.730. The lowest BCUT2D eigenvalue weighted by Gasteiger charge is -2.45. The van der Waals surface area contributed by atoms with Gasteiger partial charge in [-0.1, -0.05) is 27.7 Å². The first-order valence-corrected chi connectivity index (χ1v) is 16.2. The summed E-state index contributed by atoms with van der Waals surface area (Å²) in [7, 11) is 0. The monoisotopic (exact) mass is 646 g/mol. The zero-order valence-electron chi connectivity index (χ0n) is 27.3. The molecule has 46 heavy (non-hydrogen) atoms. The van der Waals surface area contributed by atoms with Crippen LogP contribution < -0.4 is 15.0 Å². The molecular formula is C33H45F3N6O4. The maximum Gasteiger partial charge on any atom is 0.426 e. The molecule has 2 aromatic rings. The summed E-state index contributed by atoms with van der Waals surface area (Å²) in [6.45, 7) is 11.9. The molecule has 2 amide bonds. The van der Waals surface area contributed by atoms with Crippen LogP contribution in [0.5, 0.6) is 5.88 Å². The largest absolute Gasteiger partial charge is 0.477 e. The Balaban J connectivity index is 1.43. The van der Waals surface area contributed by atoms with Crippen LogP contribution >= 0.6 is 0 Å². The van der Waals surface area contributed by atoms with Crippen molar-refractivity contribution in [2.45, 2.75) is 78.2 Å². The highest BCUT2D eigenvalue weighted by molar-refractivity contribution is 5.99. The number of nitrogens with one attached hydrogen (secondary N) is 1. The second-order valence-corrected chi connectivity index (χ2v) is 13.4. The number of alkyl halides is 3. The van der Waals surface area contributed by atoms with Gasteiger partial charge < -0.3 is 29.5 Å². The minimum absolute atomic E-state index is 0.0173. The Hall–Kier alpha value is -3.61. The van der Waals surface area contributed by atoms with E-state index in [1.807, 2.05) is 36.9 Å². The zero-order chi connectivity index (χ0) is 33.2. The van der Waals surface area contributed by atoms with E-state index in [2.05, 4.69) is 15.2 Å². The molecule has 10 nitrogen and oxygen atoms in total. The molecule has 4 aliphatic rings. The average molecular weight is 647 g/mol. The van der Waals surface area contributed by atoms with Crippen molar-refractivity contribution in [2.24, 2.45) is 11.3 Å². The number of piperidine rings is 3. The molecule has 0 saturated carbocycles. The number of piperazine rings is 1. The zero-order valence-corrected chi connectivity index (χ0v) is 27.3. The average Bonchev–Trinajstić information content (AvgIpc) is 3.03. The number of carbonyl (C=O) groups excluding carboxylic acids is 2. The van der Waals surface area contributed by atoms with E-state index in [9.17, 15) is 22.8 Å². The van der Waals surface area contributed by atoms with Crippen molar-refractivity contribution in [1.82, 2.24) is 25.1 Å². The van der Waals surface area contributed by atoms with E-state index in [0.717, 1.165) is 32.5 Å². The molecule has 0 aromatic carbocycles. The SMILES string of the molecule is CCOc1ncccc1-c1ccc(N2CCN(C(=O)OC(C(C)(C)C)C(F)(F)F)C[C@H]2CC)c(C(=O)N[C@@H]2CN3CCC2CC3)n1. The highest BCUT2D eigenvalue weighted by atomic mass is 19.4. The van der Waals surface area contributed by atoms with Gasteiger partial charge in [0.25, 0.3) is 5.91 Å². The van der Waals surface area contributed by atoms with Crippen LogP contribution in [0.25, 0.3) is 11.3 Å². The lowest BCUT2D eigenvalue weighted by Crippen LogP contribution is -2.58. The van der Waals surface area contributed by atoms with Crippen molar-refractivity contribution in [3.8, 4) is 17.1 Å². The molecule has 0 aliphatic carbocycles. The maximum absolute atomic E-state index is 14.1. The topological polar surface area (TPSA) is 100 Å². The normalized spacial score (nSPS) is 24.0. The third-order valence-corrected chi connectivity index (χ3v) is 9.21. The molecule has 13 heteroatoms. The molecule has 1 N–H and O–H groups in total. The van der Waals surface area contributed by atoms with Crippen molar-refractivity contribution in [3.05, 3.63) is 36.2 Å². The molecular weight excluding hydrogens is 601 g/mol. The van der Waals surface area contributed by atoms with E-state index in [4.69, 9.17) is 14.5 Å². The molecule has 2 bridgehead atoms. The summed E-state index contributed by atoms with van der Waals surface area (Å²) in [6, 6.07) is 7.05. The molecule has 252 valence electrons. The van der Waals surface area contributed by atoms with E-state index in [1.54, 1.807) is 12.3 Å². The quantitative estimate of drug-likeness (QED) is 0.408. The number of ether oxygens (including phenoxy) is 2. The van der Waals surface area contributed by atoms with Crippen molar-refractivity contribution < 1.29 is 32.2 Å². The highest BCUT2D eigenvalue weighted by Crippen LogP contribution is 2.37. The smallest absolute Gasteiger partial charge is 0.426 e. The Morgan fingerprint density at radius 1 is 1.04 bits per heavy atom. The van der Waals surface area contributed by atoms with Crippen molar-refractivity contribution in [2.75, 3.05) is 50.8 Å². The van der Waals surface area contributed by atoms with Gasteiger partial charge in [-0.3, -0.25) is 4.79 Å². The minimum Gasteiger partial charge on any atom is -0.477 e. The number of hydrogen-bond donors (Lipinski definition) is 1. The van der Waals surface area contributed by atoms with Gasteiger partial charge in [-0.15, -0.1) is 0 Å². The number of aromatic nitrogens is 2. The Morgan fingerprint density at radius 2 is 1.78 bits per heavy atom. The van der Waals surface area contributed by atoms with Crippen molar-refractivity contribution in [1.29, 1.82) is 0 Å². The number of nitrogens with zero attached hydrogens (tertiary/aromatic N) is 5. The van der Waals surface area contributed by atoms with Crippen LogP contribution in [0.15, 0.2) is 30.5 Å². The van der Waals surface area contributed by atoms with Gasteiger partial charge >= 0.3 is 12.3 Å². The number of carbonyl (C=O) groups is 2. The number of hydrogen-bond acceptors (Lipinski definition) is 8. The van der Waals surface area contributed by atoms with Crippen molar-refractivity contribution >= 4 is 17.7 Å². The number of fused-ring (bicyclic) bond motifs is 3. The summed E-state index contributed by atoms with van der Waals surface area (Å²) in [5.74, 6) is 0.544. The first kappa shape index (κ1) is 33.7. The van der Waals surface area contributed by atoms with Gasteiger partial charge in [-0.05, 0) is 69.5 Å². The number of pyridine rings is 2. The van der Waals surface area contributed by atoms with Crippen LogP contribution in [-0.4, -0.2) is 102 Å². The second-order valence-electron chi connectivity index (χ2n) is 13.4. The molecule has 6 heterocycles. The minimum atomic E-state index is -4.69. The van der Waals surface area contributed by atoms with Crippen LogP contribution in [0.2, 0.25) is 0 Å². The molecule has 4 aliphatic heterocycles. The van der Waals surface area contributed by atoms with Gasteiger partial charge in [-0.25, -0.2) is 14.8 Å². The fourth-order valence-electron chi connectivity index (χ4n) is 6.80. The third-order valence-electron chi connectivity index (χ3n) is 9.21. The van der Waals surface area contributed by atoms with Gasteiger partial charge in [0, 0.05) is 49.9 Å². The fourth-order valence-corrected chi connectivity index (χ4v) is 6.80. The van der Waals surface area contributed by atoms with E-state index in [-0.39, 0.29) is 43.3 Å². The maximum atomic E-state index is 14.1. The Labute approximate surface area is 268 Å². The highest BCUT2D eigenvalue weighted by Gasteiger charge is 2.51. The summed E-state index contributed by atoms with van der Waals surface area (Å²) < 4.78 is 52.1. The van der Waals surface area contributed by atoms with Gasteiger partial charge in [-0.2, -0.15) is 13.2 Å². The van der Waals surface area contributed by atoms with E-state index in [0.29, 0.717) is 41.8 Å². The summed E-state index contributed by atoms with van der Waals surface area (Å²) in [4.78, 5) is 42.1. The second kappa shape index (κ2) is 13.6. The lowest BCUT2D eigenvalue weighted by molar-refractivity contribution is -0.232. The predicted octanol–water partition coefficient (Wildman–Crippen LogP) is 5.38. The first-order chi connectivity index (χ1) is 21.8. The fraction of sp³-hybridized carbons (Fsp3) is 0.636. The summed E-state index contributed by atoms with van der Waals surface area (Å²) >= 11 is 0. The van der Waals surface area contributed by atoms with E-state index in [1.165, 1.54) is 25.7 Å². The molecule has 1 unspecified atom stereocenters. The van der Waals surface area contributed by atoms with E-state index < -0.39 is 23.8 Å². The third kappa shape index (κ3) is 7.34. The Kier molecular flexibility index (Phi) is 10.00. The number of rotatable bonds is 8. The summed E-state index contributed by atoms with van der Waals surface area (Å²) in [5, 5.41) is 3.27. The predicted molar refractivity (Wildman–Crippen MR) is 168 cm³/mol. The standard InChI is InChI=1S/C33H45F3N6O4/c1-6-22-19-41(31(44)46-30(32(3,4)5)33(34,35)36)17-18-42(22)26-11-10-24(23-9-8-14-37-29(23)45-7-2)38-27(26)28(43)39-25-20-40-15-12-21(25)13-16-40/h8-11,14,21-22,25,30H,6-7,12-13,15-20H2,1-5H3,(H,39,43)/t22-,25-,30?/m1/s1. The molecule has 4 fully saturated rings. The molecule has 4 saturated heterocycles. The molecule has 6 rings (SSSR count). The molecule has 2 aromatic heterocycles. The Morgan fingerprint density at radius 3 is 2.39 bits per heavy atom. The molecule has 3 atom stereocenters. The summed E-state index contributed by atoms with van der Waals surface area (Å²) in [6.07, 6.45) is -3.63. The van der Waals surface area contributed by atoms with Gasteiger partial charge in [0.2, 0.25) is 12.0 Å². The molecule has 0 radical (unpaired) electrons. The van der Waals surface area contributed by atoms with Crippen LogP contribution in [0, 0.1) is 11.3 Å². The van der Waals surface area contributed by atoms with Crippen LogP contribution in [0.3, 0.4) is 0 Å². The molecule has 0 spiro atoms. The number of anilines is 1. The van der Waals surface area contributed by atoms with Crippen LogP contribution in [-0.2, 0) is 4.74 Å². The lowest BCUT2D eigenvalue weighted by atomic mass is 9.84. The van der Waals surface area contributed by atoms with Crippen LogP contribution in [0.4, 0.5) is 23.7 Å². The van der Waals surface area contributed by atoms with Gasteiger partial charge in [0.15, 0.2) is 5.69 Å². The Bertz CT molecular complexity index is 1380.